The minimum absolute atomic E-state index is 0.0166. The van der Waals surface area contributed by atoms with Crippen molar-refractivity contribution in [1.29, 1.82) is 0 Å². The maximum Gasteiger partial charge on any atom is 0.320 e. The average molecular weight is 497 g/mol. The Morgan fingerprint density at radius 1 is 1.11 bits per heavy atom. The van der Waals surface area contributed by atoms with E-state index < -0.39 is 23.4 Å². The number of esters is 1. The molecule has 0 bridgehead atoms. The van der Waals surface area contributed by atoms with Crippen molar-refractivity contribution in [2.75, 3.05) is 20.2 Å². The molecule has 0 aliphatic carbocycles. The summed E-state index contributed by atoms with van der Waals surface area (Å²) in [6.07, 6.45) is 4.54. The van der Waals surface area contributed by atoms with Gasteiger partial charge in [-0.15, -0.1) is 0 Å². The second-order valence-corrected chi connectivity index (χ2v) is 11.5. The number of nitrogens with zero attached hydrogens (tertiary/aromatic N) is 2. The Hall–Kier alpha value is -2.67. The Balaban J connectivity index is 1.77. The average Bonchev–Trinajstić information content (AvgIpc) is 2.86. The molecule has 2 fully saturated rings. The largest absolute Gasteiger partial charge is 0.468 e. The first-order valence-corrected chi connectivity index (χ1v) is 13.2. The van der Waals surface area contributed by atoms with E-state index in [2.05, 4.69) is 20.8 Å². The molecule has 3 aliphatic rings. The summed E-state index contributed by atoms with van der Waals surface area (Å²) in [4.78, 5) is 44.4. The number of methoxy groups -OCH3 is 1. The van der Waals surface area contributed by atoms with E-state index in [1.165, 1.54) is 7.11 Å². The molecule has 196 valence electrons. The highest BCUT2D eigenvalue weighted by Crippen LogP contribution is 2.52. The summed E-state index contributed by atoms with van der Waals surface area (Å²) in [6, 6.07) is 9.76. The Labute approximate surface area is 214 Å². The molecular weight excluding hydrogens is 456 g/mol. The Bertz CT molecular complexity index is 1010. The summed E-state index contributed by atoms with van der Waals surface area (Å²) < 4.78 is 11.8. The van der Waals surface area contributed by atoms with Crippen LogP contribution in [0.1, 0.15) is 65.4 Å². The number of fused-ring (bicyclic) bond motifs is 1. The zero-order chi connectivity index (χ0) is 26.1. The van der Waals surface area contributed by atoms with Crippen LogP contribution in [0.2, 0.25) is 0 Å². The van der Waals surface area contributed by atoms with Crippen molar-refractivity contribution in [3.8, 4) is 0 Å². The minimum atomic E-state index is -1.16. The summed E-state index contributed by atoms with van der Waals surface area (Å²) in [5.41, 5.74) is 0.210. The zero-order valence-corrected chi connectivity index (χ0v) is 22.3. The van der Waals surface area contributed by atoms with Crippen LogP contribution in [0, 0.1) is 16.7 Å². The zero-order valence-electron chi connectivity index (χ0n) is 22.3. The maximum atomic E-state index is 14.0. The van der Waals surface area contributed by atoms with Crippen LogP contribution in [-0.2, 0) is 30.4 Å². The van der Waals surface area contributed by atoms with Gasteiger partial charge in [-0.05, 0) is 49.7 Å². The van der Waals surface area contributed by atoms with E-state index in [4.69, 9.17) is 9.47 Å². The minimum Gasteiger partial charge on any atom is -0.468 e. The van der Waals surface area contributed by atoms with Crippen molar-refractivity contribution < 1.29 is 23.9 Å². The van der Waals surface area contributed by atoms with Gasteiger partial charge in [-0.1, -0.05) is 51.1 Å². The highest BCUT2D eigenvalue weighted by molar-refractivity contribution is 5.92. The molecule has 4 atom stereocenters. The number of amides is 2. The van der Waals surface area contributed by atoms with E-state index in [1.807, 2.05) is 48.2 Å². The van der Waals surface area contributed by atoms with E-state index in [0.29, 0.717) is 12.2 Å². The lowest BCUT2D eigenvalue weighted by molar-refractivity contribution is -0.180. The van der Waals surface area contributed by atoms with Gasteiger partial charge in [-0.25, -0.2) is 0 Å². The number of carbonyl (C=O) groups excluding carboxylic acids is 3. The summed E-state index contributed by atoms with van der Waals surface area (Å²) >= 11 is 0. The van der Waals surface area contributed by atoms with Crippen LogP contribution in [0.25, 0.3) is 0 Å². The molecule has 0 saturated carbocycles. The number of likely N-dealkylation sites (tertiary alicyclic amines) is 2. The summed E-state index contributed by atoms with van der Waals surface area (Å²) in [5, 5.41) is 0. The van der Waals surface area contributed by atoms with Gasteiger partial charge >= 0.3 is 5.97 Å². The number of hydrogen-bond acceptors (Lipinski definition) is 5. The number of rotatable bonds is 5. The van der Waals surface area contributed by atoms with Crippen LogP contribution in [0.3, 0.4) is 0 Å². The molecule has 0 N–H and O–H groups in total. The Morgan fingerprint density at radius 2 is 1.78 bits per heavy atom. The second-order valence-electron chi connectivity index (χ2n) is 11.5. The lowest BCUT2D eigenvalue weighted by atomic mass is 9.65. The standard InChI is InChI=1S/C29H40N2O5/c1-20-29(27(34)35-5)18-22(16-25(32)30-14-10-7-11-15-30)26(33)31(19-21-12-8-6-9-13-21)23(29)17-24(36-20)28(2,3)4/h6,8-9,12-13,17,20,22,24H,7,10-11,14-16,18-19H2,1-5H3/t20-,22+,24-,29+/m1/s1. The predicted octanol–water partition coefficient (Wildman–Crippen LogP) is 4.31. The normalized spacial score (nSPS) is 28.9. The quantitative estimate of drug-likeness (QED) is 0.568. The number of hydrogen-bond donors (Lipinski definition) is 0. The number of carbonyl (C=O) groups is 3. The first-order valence-electron chi connectivity index (χ1n) is 13.2. The SMILES string of the molecule is COC(=O)[C@]12C[C@H](CC(=O)N3CCCCC3)C(=O)N(Cc3ccccc3)C1=C[C@H](C(C)(C)C)O[C@@H]2C. The van der Waals surface area contributed by atoms with Crippen LogP contribution >= 0.6 is 0 Å². The molecule has 0 aromatic heterocycles. The van der Waals surface area contributed by atoms with Gasteiger partial charge in [-0.2, -0.15) is 0 Å². The Kier molecular flexibility index (Phi) is 7.60. The second kappa shape index (κ2) is 10.4. The molecule has 36 heavy (non-hydrogen) atoms. The van der Waals surface area contributed by atoms with Gasteiger partial charge in [0.25, 0.3) is 0 Å². The van der Waals surface area contributed by atoms with Crippen molar-refractivity contribution in [2.45, 2.75) is 78.6 Å². The van der Waals surface area contributed by atoms with Crippen molar-refractivity contribution in [1.82, 2.24) is 9.80 Å². The first kappa shape index (κ1) is 26.4. The molecule has 0 radical (unpaired) electrons. The van der Waals surface area contributed by atoms with E-state index in [1.54, 1.807) is 4.90 Å². The van der Waals surface area contributed by atoms with E-state index >= 15 is 0 Å². The van der Waals surface area contributed by atoms with Gasteiger partial charge < -0.3 is 19.3 Å². The van der Waals surface area contributed by atoms with Crippen molar-refractivity contribution in [3.05, 3.63) is 47.7 Å². The third-order valence-electron chi connectivity index (χ3n) is 8.00. The lowest BCUT2D eigenvalue weighted by Crippen LogP contribution is -2.61. The van der Waals surface area contributed by atoms with Crippen molar-refractivity contribution in [3.63, 3.8) is 0 Å². The fourth-order valence-electron chi connectivity index (χ4n) is 5.85. The molecule has 1 aromatic carbocycles. The van der Waals surface area contributed by atoms with Gasteiger partial charge in [0.05, 0.1) is 25.9 Å². The molecule has 7 heteroatoms. The Morgan fingerprint density at radius 3 is 2.39 bits per heavy atom. The summed E-state index contributed by atoms with van der Waals surface area (Å²) in [7, 11) is 1.38. The molecule has 7 nitrogen and oxygen atoms in total. The van der Waals surface area contributed by atoms with Gasteiger partial charge in [0.1, 0.15) is 5.41 Å². The van der Waals surface area contributed by atoms with E-state index in [0.717, 1.165) is 37.9 Å². The van der Waals surface area contributed by atoms with Gasteiger partial charge in [0.2, 0.25) is 11.8 Å². The van der Waals surface area contributed by atoms with Crippen LogP contribution in [0.4, 0.5) is 0 Å². The highest BCUT2D eigenvalue weighted by atomic mass is 16.5. The summed E-state index contributed by atoms with van der Waals surface area (Å²) in [5.74, 6) is -1.18. The smallest absolute Gasteiger partial charge is 0.320 e. The van der Waals surface area contributed by atoms with Crippen LogP contribution in [0.5, 0.6) is 0 Å². The van der Waals surface area contributed by atoms with E-state index in [9.17, 15) is 14.4 Å². The van der Waals surface area contributed by atoms with Crippen molar-refractivity contribution >= 4 is 17.8 Å². The maximum absolute atomic E-state index is 14.0. The number of benzene rings is 1. The van der Waals surface area contributed by atoms with Crippen LogP contribution in [-0.4, -0.2) is 60.0 Å². The first-order chi connectivity index (χ1) is 17.1. The third-order valence-corrected chi connectivity index (χ3v) is 8.00. The van der Waals surface area contributed by atoms with Crippen molar-refractivity contribution in [2.24, 2.45) is 16.7 Å². The number of ether oxygens (including phenoxy) is 2. The third kappa shape index (κ3) is 4.95. The molecule has 4 rings (SSSR count). The number of piperidine rings is 2. The van der Waals surface area contributed by atoms with Gasteiger partial charge in [0.15, 0.2) is 0 Å². The van der Waals surface area contributed by atoms with Crippen LogP contribution in [0.15, 0.2) is 42.1 Å². The molecular formula is C29H40N2O5. The molecule has 2 saturated heterocycles. The predicted molar refractivity (Wildman–Crippen MR) is 136 cm³/mol. The molecule has 2 amide bonds. The molecule has 0 spiro atoms. The molecule has 1 aromatic rings. The van der Waals surface area contributed by atoms with Crippen LogP contribution < -0.4 is 0 Å². The van der Waals surface area contributed by atoms with Gasteiger partial charge in [0, 0.05) is 31.1 Å². The lowest BCUT2D eigenvalue weighted by Gasteiger charge is -2.53. The fraction of sp³-hybridized carbons (Fsp3) is 0.621. The molecule has 3 heterocycles. The highest BCUT2D eigenvalue weighted by Gasteiger charge is 2.60. The van der Waals surface area contributed by atoms with Gasteiger partial charge in [-0.3, -0.25) is 14.4 Å². The topological polar surface area (TPSA) is 76.2 Å². The van der Waals surface area contributed by atoms with E-state index in [-0.39, 0.29) is 36.2 Å². The summed E-state index contributed by atoms with van der Waals surface area (Å²) in [6.45, 7) is 9.92. The molecule has 3 aliphatic heterocycles. The monoisotopic (exact) mass is 496 g/mol. The molecule has 0 unspecified atom stereocenters. The fourth-order valence-corrected chi connectivity index (χ4v) is 5.85.